The van der Waals surface area contributed by atoms with Crippen molar-refractivity contribution < 1.29 is 15.3 Å². The summed E-state index contributed by atoms with van der Waals surface area (Å²) < 4.78 is 0. The number of β-amino-alcohol motifs (C(OH)–C–C–N with tert-alkyl or cyclic N) is 3. The predicted molar refractivity (Wildman–Crippen MR) is 92.7 cm³/mol. The molecule has 1 aliphatic heterocycles. The predicted octanol–water partition coefficient (Wildman–Crippen LogP) is -1.75. The summed E-state index contributed by atoms with van der Waals surface area (Å²) in [4.78, 5) is 6.90. The molecule has 1 rings (SSSR count). The molecular weight excluding hydrogens is 296 g/mol. The molecule has 23 heavy (non-hydrogen) atoms. The van der Waals surface area contributed by atoms with Crippen molar-refractivity contribution in [2.24, 2.45) is 0 Å². The molecule has 0 amide bonds. The van der Waals surface area contributed by atoms with Crippen LogP contribution in [0.15, 0.2) is 0 Å². The first kappa shape index (κ1) is 20.8. The average Bonchev–Trinajstić information content (AvgIpc) is 2.54. The molecule has 0 radical (unpaired) electrons. The molecule has 7 heteroatoms. The molecule has 0 spiro atoms. The van der Waals surface area contributed by atoms with Crippen LogP contribution in [-0.2, 0) is 0 Å². The first-order valence-corrected chi connectivity index (χ1v) is 9.00. The van der Waals surface area contributed by atoms with Crippen LogP contribution < -0.4 is 5.32 Å². The molecule has 0 atom stereocenters. The van der Waals surface area contributed by atoms with Crippen LogP contribution in [0, 0.1) is 0 Å². The zero-order valence-corrected chi connectivity index (χ0v) is 14.5. The highest BCUT2D eigenvalue weighted by Crippen LogP contribution is 1.99. The number of nitrogens with one attached hydrogen (secondary N) is 1. The highest BCUT2D eigenvalue weighted by Gasteiger charge is 2.11. The second-order valence-corrected chi connectivity index (χ2v) is 6.15. The van der Waals surface area contributed by atoms with Gasteiger partial charge in [0.1, 0.15) is 0 Å². The molecular formula is C16H36N4O3. The molecule has 0 bridgehead atoms. The van der Waals surface area contributed by atoms with Crippen LogP contribution in [0.2, 0.25) is 0 Å². The maximum Gasteiger partial charge on any atom is 0.0558 e. The number of aliphatic hydroxyl groups is 3. The van der Waals surface area contributed by atoms with E-state index in [0.717, 1.165) is 78.3 Å². The van der Waals surface area contributed by atoms with Gasteiger partial charge < -0.3 is 20.6 Å². The summed E-state index contributed by atoms with van der Waals surface area (Å²) >= 11 is 0. The van der Waals surface area contributed by atoms with E-state index in [1.165, 1.54) is 0 Å². The lowest BCUT2D eigenvalue weighted by Gasteiger charge is -2.29. The van der Waals surface area contributed by atoms with E-state index in [1.54, 1.807) is 0 Å². The summed E-state index contributed by atoms with van der Waals surface area (Å²) in [5, 5.41) is 31.1. The van der Waals surface area contributed by atoms with Gasteiger partial charge >= 0.3 is 0 Å². The summed E-state index contributed by atoms with van der Waals surface area (Å²) in [6.07, 6.45) is 2.11. The van der Waals surface area contributed by atoms with Crippen LogP contribution in [-0.4, -0.2) is 122 Å². The van der Waals surface area contributed by atoms with Crippen molar-refractivity contribution >= 4 is 0 Å². The second kappa shape index (κ2) is 14.1. The lowest BCUT2D eigenvalue weighted by atomic mass is 10.3. The molecule has 4 N–H and O–H groups in total. The Hall–Kier alpha value is -0.280. The Morgan fingerprint density at radius 1 is 0.565 bits per heavy atom. The van der Waals surface area contributed by atoms with Crippen LogP contribution in [0.5, 0.6) is 0 Å². The number of rotatable bonds is 6. The molecule has 0 aromatic heterocycles. The lowest BCUT2D eigenvalue weighted by Crippen LogP contribution is -2.41. The minimum atomic E-state index is 0.185. The van der Waals surface area contributed by atoms with E-state index < -0.39 is 0 Å². The summed E-state index contributed by atoms with van der Waals surface area (Å²) in [5.74, 6) is 0. The molecule has 1 saturated heterocycles. The van der Waals surface area contributed by atoms with Crippen molar-refractivity contribution in [1.29, 1.82) is 0 Å². The third-order valence-corrected chi connectivity index (χ3v) is 4.36. The van der Waals surface area contributed by atoms with Gasteiger partial charge in [-0.15, -0.1) is 0 Å². The van der Waals surface area contributed by atoms with Gasteiger partial charge in [-0.25, -0.2) is 0 Å². The summed E-state index contributed by atoms with van der Waals surface area (Å²) in [5.41, 5.74) is 0. The van der Waals surface area contributed by atoms with Gasteiger partial charge in [-0.3, -0.25) is 14.7 Å². The highest BCUT2D eigenvalue weighted by molar-refractivity contribution is 4.68. The minimum absolute atomic E-state index is 0.185. The van der Waals surface area contributed by atoms with Gasteiger partial charge in [0, 0.05) is 45.8 Å². The second-order valence-electron chi connectivity index (χ2n) is 6.15. The van der Waals surface area contributed by atoms with Crippen LogP contribution >= 0.6 is 0 Å². The SMILES string of the molecule is OCCN1CCCN(CCO)CCN(CCO)CCCNCC1. The lowest BCUT2D eigenvalue weighted by molar-refractivity contribution is 0.139. The van der Waals surface area contributed by atoms with Crippen molar-refractivity contribution in [2.45, 2.75) is 12.8 Å². The minimum Gasteiger partial charge on any atom is -0.395 e. The monoisotopic (exact) mass is 332 g/mol. The van der Waals surface area contributed by atoms with Crippen LogP contribution in [0.1, 0.15) is 12.8 Å². The quantitative estimate of drug-likeness (QED) is 0.459. The van der Waals surface area contributed by atoms with Gasteiger partial charge in [-0.2, -0.15) is 0 Å². The van der Waals surface area contributed by atoms with Gasteiger partial charge in [0.15, 0.2) is 0 Å². The van der Waals surface area contributed by atoms with E-state index in [9.17, 15) is 15.3 Å². The maximum atomic E-state index is 9.25. The van der Waals surface area contributed by atoms with E-state index in [-0.39, 0.29) is 19.8 Å². The molecule has 138 valence electrons. The molecule has 1 aliphatic rings. The fraction of sp³-hybridized carbons (Fsp3) is 1.00. The molecule has 1 fully saturated rings. The molecule has 0 aromatic carbocycles. The van der Waals surface area contributed by atoms with Crippen molar-refractivity contribution in [3.05, 3.63) is 0 Å². The standard InChI is InChI=1S/C16H36N4O3/c21-14-11-18-6-2-7-20(13-16-23)10-9-19(12-15-22)5-1-3-17-4-8-18/h17,21-23H,1-16H2. The van der Waals surface area contributed by atoms with Crippen molar-refractivity contribution in [2.75, 3.05) is 91.8 Å². The summed E-state index contributed by atoms with van der Waals surface area (Å²) in [6.45, 7) is 10.4. The van der Waals surface area contributed by atoms with Crippen molar-refractivity contribution in [3.8, 4) is 0 Å². The van der Waals surface area contributed by atoms with E-state index in [1.807, 2.05) is 0 Å². The number of hydrogen-bond acceptors (Lipinski definition) is 7. The van der Waals surface area contributed by atoms with Gasteiger partial charge in [-0.05, 0) is 39.0 Å². The smallest absolute Gasteiger partial charge is 0.0558 e. The molecule has 0 saturated carbocycles. The topological polar surface area (TPSA) is 82.4 Å². The van der Waals surface area contributed by atoms with Gasteiger partial charge in [0.05, 0.1) is 19.8 Å². The molecule has 0 unspecified atom stereocenters. The maximum absolute atomic E-state index is 9.25. The number of nitrogens with zero attached hydrogens (tertiary/aromatic N) is 3. The van der Waals surface area contributed by atoms with Crippen molar-refractivity contribution in [3.63, 3.8) is 0 Å². The first-order valence-electron chi connectivity index (χ1n) is 9.00. The van der Waals surface area contributed by atoms with Crippen LogP contribution in [0.3, 0.4) is 0 Å². The molecule has 0 aromatic rings. The third kappa shape index (κ3) is 10.2. The Bertz CT molecular complexity index is 272. The Kier molecular flexibility index (Phi) is 12.7. The molecule has 1 heterocycles. The Labute approximate surface area is 140 Å². The first-order chi connectivity index (χ1) is 11.3. The Balaban J connectivity index is 2.51. The van der Waals surface area contributed by atoms with E-state index in [2.05, 4.69) is 20.0 Å². The van der Waals surface area contributed by atoms with Crippen LogP contribution in [0.4, 0.5) is 0 Å². The largest absolute Gasteiger partial charge is 0.395 e. The number of hydrogen-bond donors (Lipinski definition) is 4. The van der Waals surface area contributed by atoms with Crippen LogP contribution in [0.25, 0.3) is 0 Å². The van der Waals surface area contributed by atoms with Gasteiger partial charge in [0.25, 0.3) is 0 Å². The normalized spacial score (nSPS) is 22.0. The highest BCUT2D eigenvalue weighted by atomic mass is 16.3. The average molecular weight is 332 g/mol. The van der Waals surface area contributed by atoms with E-state index in [0.29, 0.717) is 6.54 Å². The van der Waals surface area contributed by atoms with Crippen molar-refractivity contribution in [1.82, 2.24) is 20.0 Å². The zero-order chi connectivity index (χ0) is 16.8. The fourth-order valence-electron chi connectivity index (χ4n) is 3.02. The summed E-state index contributed by atoms with van der Waals surface area (Å²) in [6, 6.07) is 0. The Morgan fingerprint density at radius 3 is 1.57 bits per heavy atom. The third-order valence-electron chi connectivity index (χ3n) is 4.36. The molecule has 7 nitrogen and oxygen atoms in total. The van der Waals surface area contributed by atoms with E-state index >= 15 is 0 Å². The number of aliphatic hydroxyl groups excluding tert-OH is 3. The molecule has 0 aliphatic carbocycles. The summed E-state index contributed by atoms with van der Waals surface area (Å²) in [7, 11) is 0. The van der Waals surface area contributed by atoms with Gasteiger partial charge in [-0.1, -0.05) is 0 Å². The zero-order valence-electron chi connectivity index (χ0n) is 14.5. The van der Waals surface area contributed by atoms with E-state index in [4.69, 9.17) is 0 Å². The fourth-order valence-corrected chi connectivity index (χ4v) is 3.02. The Morgan fingerprint density at radius 2 is 1.04 bits per heavy atom. The van der Waals surface area contributed by atoms with Gasteiger partial charge in [0.2, 0.25) is 0 Å².